The van der Waals surface area contributed by atoms with Crippen LogP contribution in [0.2, 0.25) is 5.02 Å². The Morgan fingerprint density at radius 2 is 2.00 bits per heavy atom. The Morgan fingerprint density at radius 1 is 1.32 bits per heavy atom. The van der Waals surface area contributed by atoms with Gasteiger partial charge in [0.1, 0.15) is 0 Å². The molecule has 0 saturated heterocycles. The Kier molecular flexibility index (Phi) is 6.84. The number of halogens is 1. The van der Waals surface area contributed by atoms with Crippen molar-refractivity contribution in [3.63, 3.8) is 0 Å². The van der Waals surface area contributed by atoms with Crippen molar-refractivity contribution in [1.82, 2.24) is 5.32 Å². The number of benzene rings is 1. The first-order chi connectivity index (χ1) is 9.00. The zero-order chi connectivity index (χ0) is 14.3. The normalized spacial score (nSPS) is 13.5. The first-order valence-corrected chi connectivity index (χ1v) is 7.41. The fourth-order valence-electron chi connectivity index (χ4n) is 2.04. The van der Waals surface area contributed by atoms with E-state index in [1.165, 1.54) is 5.56 Å². The summed E-state index contributed by atoms with van der Waals surface area (Å²) in [5, 5.41) is 4.42. The van der Waals surface area contributed by atoms with Crippen LogP contribution in [0.15, 0.2) is 24.3 Å². The molecule has 0 aliphatic rings. The molecule has 0 bridgehead atoms. The van der Waals surface area contributed by atoms with Crippen molar-refractivity contribution >= 4 is 11.6 Å². The van der Waals surface area contributed by atoms with Crippen molar-refractivity contribution in [1.29, 1.82) is 0 Å². The summed E-state index contributed by atoms with van der Waals surface area (Å²) >= 11 is 6.31. The van der Waals surface area contributed by atoms with Crippen LogP contribution >= 0.6 is 11.6 Å². The molecule has 0 saturated carbocycles. The lowest BCUT2D eigenvalue weighted by atomic mass is 9.94. The zero-order valence-electron chi connectivity index (χ0n) is 12.5. The van der Waals surface area contributed by atoms with Crippen LogP contribution in [0.5, 0.6) is 0 Å². The number of ether oxygens (including phenoxy) is 1. The summed E-state index contributed by atoms with van der Waals surface area (Å²) in [5.74, 6) is 0. The minimum atomic E-state index is -0.0899. The van der Waals surface area contributed by atoms with Crippen molar-refractivity contribution in [2.45, 2.75) is 51.7 Å². The summed E-state index contributed by atoms with van der Waals surface area (Å²) < 4.78 is 5.50. The van der Waals surface area contributed by atoms with Crippen LogP contribution in [0.25, 0.3) is 0 Å². The molecule has 0 radical (unpaired) electrons. The van der Waals surface area contributed by atoms with E-state index in [0.29, 0.717) is 6.04 Å². The van der Waals surface area contributed by atoms with E-state index in [9.17, 15) is 0 Å². The molecule has 19 heavy (non-hydrogen) atoms. The number of rotatable bonds is 8. The lowest BCUT2D eigenvalue weighted by Crippen LogP contribution is -2.28. The molecule has 0 spiro atoms. The SMILES string of the molecule is CCCNC(CCC(C)(C)OC)c1ccccc1Cl. The average Bonchev–Trinajstić information content (AvgIpc) is 2.40. The van der Waals surface area contributed by atoms with Gasteiger partial charge in [-0.05, 0) is 51.3 Å². The quantitative estimate of drug-likeness (QED) is 0.754. The second-order valence-corrected chi connectivity index (χ2v) is 5.94. The van der Waals surface area contributed by atoms with Crippen molar-refractivity contribution < 1.29 is 4.74 Å². The van der Waals surface area contributed by atoms with Gasteiger partial charge in [-0.15, -0.1) is 0 Å². The maximum absolute atomic E-state index is 6.31. The average molecular weight is 284 g/mol. The molecule has 0 heterocycles. The highest BCUT2D eigenvalue weighted by Crippen LogP contribution is 2.29. The number of hydrogen-bond acceptors (Lipinski definition) is 2. The van der Waals surface area contributed by atoms with E-state index in [2.05, 4.69) is 32.2 Å². The van der Waals surface area contributed by atoms with Crippen LogP contribution in [0.1, 0.15) is 51.6 Å². The maximum Gasteiger partial charge on any atom is 0.0623 e. The van der Waals surface area contributed by atoms with Crippen LogP contribution in [-0.4, -0.2) is 19.3 Å². The molecule has 3 heteroatoms. The summed E-state index contributed by atoms with van der Waals surface area (Å²) in [6.45, 7) is 7.42. The monoisotopic (exact) mass is 283 g/mol. The predicted molar refractivity (Wildman–Crippen MR) is 82.8 cm³/mol. The third-order valence-corrected chi connectivity index (χ3v) is 3.85. The van der Waals surface area contributed by atoms with E-state index in [-0.39, 0.29) is 5.60 Å². The van der Waals surface area contributed by atoms with Gasteiger partial charge in [-0.1, -0.05) is 36.7 Å². The number of methoxy groups -OCH3 is 1. The summed E-state index contributed by atoms with van der Waals surface area (Å²) in [6.07, 6.45) is 3.13. The van der Waals surface area contributed by atoms with Gasteiger partial charge in [0, 0.05) is 18.2 Å². The van der Waals surface area contributed by atoms with Crippen LogP contribution in [-0.2, 0) is 4.74 Å². The first kappa shape index (κ1) is 16.5. The third kappa shape index (κ3) is 5.52. The van der Waals surface area contributed by atoms with Gasteiger partial charge in [0.2, 0.25) is 0 Å². The van der Waals surface area contributed by atoms with Crippen LogP contribution in [0.4, 0.5) is 0 Å². The topological polar surface area (TPSA) is 21.3 Å². The van der Waals surface area contributed by atoms with Gasteiger partial charge in [-0.25, -0.2) is 0 Å². The standard InChI is InChI=1S/C16H26ClNO/c1-5-12-18-15(10-11-16(2,3)19-4)13-8-6-7-9-14(13)17/h6-9,15,18H,5,10-12H2,1-4H3. The summed E-state index contributed by atoms with van der Waals surface area (Å²) in [7, 11) is 1.77. The number of hydrogen-bond donors (Lipinski definition) is 1. The van der Waals surface area contributed by atoms with E-state index in [1.54, 1.807) is 7.11 Å². The molecule has 1 rings (SSSR count). The molecule has 1 aromatic carbocycles. The number of nitrogens with one attached hydrogen (secondary N) is 1. The Bertz CT molecular complexity index is 379. The summed E-state index contributed by atoms with van der Waals surface area (Å²) in [6, 6.07) is 8.38. The van der Waals surface area contributed by atoms with E-state index >= 15 is 0 Å². The van der Waals surface area contributed by atoms with Crippen LogP contribution in [0, 0.1) is 0 Å². The lowest BCUT2D eigenvalue weighted by molar-refractivity contribution is 0.0117. The Labute approximate surface area is 122 Å². The molecule has 1 unspecified atom stereocenters. The molecule has 0 aromatic heterocycles. The minimum Gasteiger partial charge on any atom is -0.379 e. The summed E-state index contributed by atoms with van der Waals surface area (Å²) in [5.41, 5.74) is 1.09. The molecule has 0 amide bonds. The Balaban J connectivity index is 2.75. The molecule has 1 N–H and O–H groups in total. The fourth-order valence-corrected chi connectivity index (χ4v) is 2.31. The van der Waals surface area contributed by atoms with Crippen LogP contribution in [0.3, 0.4) is 0 Å². The van der Waals surface area contributed by atoms with Gasteiger partial charge >= 0.3 is 0 Å². The van der Waals surface area contributed by atoms with Crippen molar-refractivity contribution in [2.75, 3.05) is 13.7 Å². The van der Waals surface area contributed by atoms with Gasteiger partial charge in [-0.3, -0.25) is 0 Å². The van der Waals surface area contributed by atoms with Gasteiger partial charge in [0.25, 0.3) is 0 Å². The second-order valence-electron chi connectivity index (χ2n) is 5.53. The minimum absolute atomic E-state index is 0.0899. The predicted octanol–water partition coefficient (Wildman–Crippen LogP) is 4.59. The van der Waals surface area contributed by atoms with E-state index < -0.39 is 0 Å². The molecule has 0 aliphatic carbocycles. The third-order valence-electron chi connectivity index (χ3n) is 3.51. The largest absolute Gasteiger partial charge is 0.379 e. The second kappa shape index (κ2) is 7.88. The van der Waals surface area contributed by atoms with Crippen molar-refractivity contribution in [3.05, 3.63) is 34.9 Å². The van der Waals surface area contributed by atoms with Gasteiger partial charge in [-0.2, -0.15) is 0 Å². The Hall–Kier alpha value is -0.570. The molecule has 2 nitrogen and oxygen atoms in total. The molecule has 1 atom stereocenters. The van der Waals surface area contributed by atoms with Gasteiger partial charge in [0.05, 0.1) is 5.60 Å². The van der Waals surface area contributed by atoms with E-state index in [0.717, 1.165) is 30.8 Å². The molecule has 1 aromatic rings. The van der Waals surface area contributed by atoms with E-state index in [1.807, 2.05) is 18.2 Å². The lowest BCUT2D eigenvalue weighted by Gasteiger charge is -2.27. The van der Waals surface area contributed by atoms with Gasteiger partial charge in [0.15, 0.2) is 0 Å². The molecular weight excluding hydrogens is 258 g/mol. The highest BCUT2D eigenvalue weighted by atomic mass is 35.5. The van der Waals surface area contributed by atoms with Crippen molar-refractivity contribution in [2.24, 2.45) is 0 Å². The molecule has 0 fully saturated rings. The maximum atomic E-state index is 6.31. The fraction of sp³-hybridized carbons (Fsp3) is 0.625. The smallest absolute Gasteiger partial charge is 0.0623 e. The highest BCUT2D eigenvalue weighted by Gasteiger charge is 2.21. The summed E-state index contributed by atoms with van der Waals surface area (Å²) in [4.78, 5) is 0. The van der Waals surface area contributed by atoms with E-state index in [4.69, 9.17) is 16.3 Å². The van der Waals surface area contributed by atoms with Crippen LogP contribution < -0.4 is 5.32 Å². The molecular formula is C16H26ClNO. The Morgan fingerprint density at radius 3 is 2.58 bits per heavy atom. The highest BCUT2D eigenvalue weighted by molar-refractivity contribution is 6.31. The molecule has 0 aliphatic heterocycles. The molecule has 108 valence electrons. The first-order valence-electron chi connectivity index (χ1n) is 7.03. The van der Waals surface area contributed by atoms with Crippen molar-refractivity contribution in [3.8, 4) is 0 Å². The zero-order valence-corrected chi connectivity index (χ0v) is 13.3. The van der Waals surface area contributed by atoms with Gasteiger partial charge < -0.3 is 10.1 Å².